The average molecular weight is 462 g/mol. The van der Waals surface area contributed by atoms with Crippen molar-refractivity contribution in [2.75, 3.05) is 18.0 Å². The van der Waals surface area contributed by atoms with Gasteiger partial charge < -0.3 is 20.2 Å². The molecule has 0 spiro atoms. The lowest BCUT2D eigenvalue weighted by Gasteiger charge is -2.40. The van der Waals surface area contributed by atoms with Crippen molar-refractivity contribution < 1.29 is 19.1 Å². The van der Waals surface area contributed by atoms with Crippen molar-refractivity contribution in [1.29, 1.82) is 0 Å². The molecule has 4 rings (SSSR count). The van der Waals surface area contributed by atoms with Crippen molar-refractivity contribution >= 4 is 29.4 Å². The molecule has 2 fully saturated rings. The van der Waals surface area contributed by atoms with Gasteiger partial charge in [-0.2, -0.15) is 5.10 Å². The maximum atomic E-state index is 14.2. The molecule has 1 aliphatic heterocycles. The molecular weight excluding hydrogens is 437 g/mol. The van der Waals surface area contributed by atoms with Crippen molar-refractivity contribution in [2.45, 2.75) is 51.2 Å². The molecule has 0 unspecified atom stereocenters. The highest BCUT2D eigenvalue weighted by atomic mass is 35.5. The number of carbonyl (C=O) groups excluding carboxylic acids is 1. The number of halogens is 2. The summed E-state index contributed by atoms with van der Waals surface area (Å²) >= 11 is 5.96. The van der Waals surface area contributed by atoms with E-state index in [9.17, 15) is 19.1 Å². The van der Waals surface area contributed by atoms with E-state index in [4.69, 9.17) is 11.6 Å². The van der Waals surface area contributed by atoms with Crippen LogP contribution in [0.2, 0.25) is 5.02 Å². The number of carboxylic acid groups (broad SMARTS) is 1. The number of aromatic nitrogens is 2. The van der Waals surface area contributed by atoms with Crippen LogP contribution in [0.4, 0.5) is 15.0 Å². The van der Waals surface area contributed by atoms with Gasteiger partial charge in [-0.3, -0.25) is 0 Å². The van der Waals surface area contributed by atoms with E-state index in [2.05, 4.69) is 15.5 Å². The lowest BCUT2D eigenvalue weighted by Crippen LogP contribution is -2.54. The van der Waals surface area contributed by atoms with Crippen molar-refractivity contribution in [1.82, 2.24) is 20.4 Å². The zero-order valence-electron chi connectivity index (χ0n) is 17.7. The number of aryl methyl sites for hydroxylation is 1. The SMILES string of the molecule is Cc1cc(CNC(=O)N(C2CC2)[C@@H]2CCCN(c3cc(C(=O)O)cnn3)C2)c(F)cc1Cl. The van der Waals surface area contributed by atoms with Gasteiger partial charge in [0.25, 0.3) is 0 Å². The van der Waals surface area contributed by atoms with Gasteiger partial charge in [0, 0.05) is 36.3 Å². The van der Waals surface area contributed by atoms with Gasteiger partial charge in [0.2, 0.25) is 0 Å². The van der Waals surface area contributed by atoms with E-state index < -0.39 is 11.8 Å². The zero-order valence-corrected chi connectivity index (χ0v) is 18.5. The van der Waals surface area contributed by atoms with E-state index in [0.29, 0.717) is 29.5 Å². The summed E-state index contributed by atoms with van der Waals surface area (Å²) in [5.41, 5.74) is 1.22. The summed E-state index contributed by atoms with van der Waals surface area (Å²) in [4.78, 5) is 28.2. The summed E-state index contributed by atoms with van der Waals surface area (Å²) in [6.45, 7) is 3.12. The Balaban J connectivity index is 1.45. The third kappa shape index (κ3) is 4.93. The van der Waals surface area contributed by atoms with E-state index in [1.165, 1.54) is 18.3 Å². The average Bonchev–Trinajstić information content (AvgIpc) is 3.61. The summed E-state index contributed by atoms with van der Waals surface area (Å²) in [5.74, 6) is -1.01. The van der Waals surface area contributed by atoms with Gasteiger partial charge in [0.1, 0.15) is 5.82 Å². The van der Waals surface area contributed by atoms with Gasteiger partial charge in [0.15, 0.2) is 5.82 Å². The largest absolute Gasteiger partial charge is 0.478 e. The molecule has 1 atom stereocenters. The first kappa shape index (κ1) is 22.3. The number of carbonyl (C=O) groups is 2. The van der Waals surface area contributed by atoms with Crippen molar-refractivity contribution in [3.63, 3.8) is 0 Å². The molecule has 2 amide bonds. The standard InChI is InChI=1S/C22H25ClFN5O3/c1-13-7-14(19(24)9-18(13)23)10-25-22(32)29(16-4-5-16)17-3-2-6-28(12-17)20-8-15(21(30)31)11-26-27-20/h7-9,11,16-17H,2-6,10,12H2,1H3,(H,25,32)(H,30,31)/t17-/m1/s1. The second kappa shape index (κ2) is 9.28. The minimum Gasteiger partial charge on any atom is -0.478 e. The van der Waals surface area contributed by atoms with Crippen LogP contribution < -0.4 is 10.2 Å². The minimum atomic E-state index is -1.06. The van der Waals surface area contributed by atoms with Gasteiger partial charge in [-0.05, 0) is 56.4 Å². The Morgan fingerprint density at radius 2 is 2.06 bits per heavy atom. The molecule has 1 saturated carbocycles. The number of aromatic carboxylic acids is 1. The minimum absolute atomic E-state index is 0.0525. The number of piperidine rings is 1. The van der Waals surface area contributed by atoms with Gasteiger partial charge in [0.05, 0.1) is 17.8 Å². The number of nitrogens with one attached hydrogen (secondary N) is 1. The maximum absolute atomic E-state index is 14.2. The molecule has 10 heteroatoms. The maximum Gasteiger partial charge on any atom is 0.337 e. The summed E-state index contributed by atoms with van der Waals surface area (Å²) in [7, 11) is 0. The highest BCUT2D eigenvalue weighted by Crippen LogP contribution is 2.32. The van der Waals surface area contributed by atoms with E-state index >= 15 is 0 Å². The molecule has 1 saturated heterocycles. The number of anilines is 1. The van der Waals surface area contributed by atoms with Crippen LogP contribution in [0.15, 0.2) is 24.4 Å². The van der Waals surface area contributed by atoms with Crippen LogP contribution in [0, 0.1) is 12.7 Å². The Morgan fingerprint density at radius 3 is 2.78 bits per heavy atom. The molecule has 1 aromatic heterocycles. The molecular formula is C22H25ClFN5O3. The Bertz CT molecular complexity index is 1030. The third-order valence-electron chi connectivity index (χ3n) is 5.93. The fourth-order valence-corrected chi connectivity index (χ4v) is 4.26. The molecule has 1 aliphatic carbocycles. The lowest BCUT2D eigenvalue weighted by atomic mass is 10.0. The Morgan fingerprint density at radius 1 is 1.28 bits per heavy atom. The predicted molar refractivity (Wildman–Crippen MR) is 117 cm³/mol. The van der Waals surface area contributed by atoms with Crippen molar-refractivity contribution in [2.24, 2.45) is 0 Å². The molecule has 2 heterocycles. The van der Waals surface area contributed by atoms with Gasteiger partial charge in [-0.25, -0.2) is 14.0 Å². The first-order valence-corrected chi connectivity index (χ1v) is 11.0. The third-order valence-corrected chi connectivity index (χ3v) is 6.34. The topological polar surface area (TPSA) is 98.7 Å². The first-order valence-electron chi connectivity index (χ1n) is 10.6. The summed E-state index contributed by atoms with van der Waals surface area (Å²) in [6.07, 6.45) is 4.76. The number of carboxylic acids is 1. The summed E-state index contributed by atoms with van der Waals surface area (Å²) < 4.78 is 14.2. The Kier molecular flexibility index (Phi) is 6.45. The van der Waals surface area contributed by atoms with E-state index in [1.807, 2.05) is 9.80 Å². The van der Waals surface area contributed by atoms with E-state index in [1.54, 1.807) is 13.0 Å². The molecule has 2 aliphatic rings. The van der Waals surface area contributed by atoms with Crippen LogP contribution in [-0.4, -0.2) is 57.4 Å². The van der Waals surface area contributed by atoms with Crippen LogP contribution in [-0.2, 0) is 6.54 Å². The lowest BCUT2D eigenvalue weighted by molar-refractivity contribution is 0.0696. The fraction of sp³-hybridized carbons (Fsp3) is 0.455. The quantitative estimate of drug-likeness (QED) is 0.681. The van der Waals surface area contributed by atoms with Crippen LogP contribution in [0.25, 0.3) is 0 Å². The smallest absolute Gasteiger partial charge is 0.337 e. The Hall–Kier alpha value is -2.94. The number of hydrogen-bond acceptors (Lipinski definition) is 5. The second-order valence-corrected chi connectivity index (χ2v) is 8.75. The van der Waals surface area contributed by atoms with E-state index in [0.717, 1.165) is 31.2 Å². The van der Waals surface area contributed by atoms with Crippen LogP contribution in [0.3, 0.4) is 0 Å². The highest BCUT2D eigenvalue weighted by molar-refractivity contribution is 6.31. The van der Waals surface area contributed by atoms with E-state index in [-0.39, 0.29) is 30.2 Å². The molecule has 0 radical (unpaired) electrons. The normalized spacial score (nSPS) is 18.3. The number of amides is 2. The Labute approximate surface area is 190 Å². The number of nitrogens with zero attached hydrogens (tertiary/aromatic N) is 4. The second-order valence-electron chi connectivity index (χ2n) is 8.34. The van der Waals surface area contributed by atoms with Gasteiger partial charge in [-0.15, -0.1) is 5.10 Å². The van der Waals surface area contributed by atoms with Crippen molar-refractivity contribution in [3.05, 3.63) is 51.9 Å². The van der Waals surface area contributed by atoms with Gasteiger partial charge in [-0.1, -0.05) is 11.6 Å². The number of hydrogen-bond donors (Lipinski definition) is 2. The van der Waals surface area contributed by atoms with Gasteiger partial charge >= 0.3 is 12.0 Å². The molecule has 1 aromatic carbocycles. The molecule has 170 valence electrons. The van der Waals surface area contributed by atoms with Crippen LogP contribution in [0.1, 0.15) is 47.2 Å². The summed E-state index contributed by atoms with van der Waals surface area (Å²) in [6, 6.07) is 4.30. The van der Waals surface area contributed by atoms with Crippen LogP contribution in [0.5, 0.6) is 0 Å². The summed E-state index contributed by atoms with van der Waals surface area (Å²) in [5, 5.41) is 20.3. The van der Waals surface area contributed by atoms with Crippen molar-refractivity contribution in [3.8, 4) is 0 Å². The predicted octanol–water partition coefficient (Wildman–Crippen LogP) is 3.62. The molecule has 2 N–H and O–H groups in total. The zero-order chi connectivity index (χ0) is 22.8. The molecule has 0 bridgehead atoms. The monoisotopic (exact) mass is 461 g/mol. The van der Waals surface area contributed by atoms with Crippen LogP contribution >= 0.6 is 11.6 Å². The number of rotatable bonds is 6. The number of urea groups is 1. The number of benzene rings is 1. The molecule has 2 aromatic rings. The molecule has 32 heavy (non-hydrogen) atoms. The highest BCUT2D eigenvalue weighted by Gasteiger charge is 2.39. The fourth-order valence-electron chi connectivity index (χ4n) is 4.11. The first-order chi connectivity index (χ1) is 15.3. The molecule has 8 nitrogen and oxygen atoms in total.